The second kappa shape index (κ2) is 21.3. The lowest BCUT2D eigenvalue weighted by Gasteiger charge is -2.48. The van der Waals surface area contributed by atoms with Gasteiger partial charge in [0.15, 0.2) is 12.6 Å². The number of hydrogen-bond acceptors (Lipinski definition) is 16. The van der Waals surface area contributed by atoms with Crippen molar-refractivity contribution in [2.24, 2.45) is 17.8 Å². The van der Waals surface area contributed by atoms with Crippen molar-refractivity contribution in [1.29, 1.82) is 0 Å². The van der Waals surface area contributed by atoms with Gasteiger partial charge in [0.25, 0.3) is 0 Å². The second-order valence-corrected chi connectivity index (χ2v) is 21.4. The van der Waals surface area contributed by atoms with E-state index < -0.39 is 118 Å². The number of hydrogen-bond donors (Lipinski definition) is 6. The molecule has 18 nitrogen and oxygen atoms in total. The first kappa shape index (κ1) is 54.2. The minimum Gasteiger partial charge on any atom is -0.459 e. The SMILES string of the molecule is CC[C@H]1OC(=O)[C@H](C)[C@H](O[C@H]2C[C@@](C)(OC)[C@@H](O)[C@H](C)O2)[C@H](C)[C@@H](O[C@@H]2O[C@H](C)C[C@H](N(C)S(=O)(=O)c3ccc(NC(C)=O)cc3)[C@H]2O)[C@](C)(O)C[C@@H](C)CN(C)[C@H](C)[C@H](O)[C@]1(C)O. The van der Waals surface area contributed by atoms with Gasteiger partial charge in [-0.3, -0.25) is 9.59 Å². The average Bonchev–Trinajstić information content (AvgIpc) is 3.21. The maximum Gasteiger partial charge on any atom is 0.311 e. The van der Waals surface area contributed by atoms with E-state index in [1.165, 1.54) is 52.3 Å². The number of carbonyl (C=O) groups is 2. The van der Waals surface area contributed by atoms with Gasteiger partial charge in [0.05, 0.1) is 52.5 Å². The van der Waals surface area contributed by atoms with E-state index in [2.05, 4.69) is 5.32 Å². The number of anilines is 1. The van der Waals surface area contributed by atoms with Crippen LogP contribution in [-0.4, -0.2) is 173 Å². The zero-order valence-corrected chi connectivity index (χ0v) is 40.9. The number of amides is 1. The number of benzene rings is 1. The topological polar surface area (TPSA) is 243 Å². The molecule has 3 aliphatic heterocycles. The van der Waals surface area contributed by atoms with Crippen LogP contribution in [0, 0.1) is 17.8 Å². The fourth-order valence-corrected chi connectivity index (χ4v) is 11.2. The van der Waals surface area contributed by atoms with Gasteiger partial charge in [-0.15, -0.1) is 0 Å². The van der Waals surface area contributed by atoms with Gasteiger partial charge in [0, 0.05) is 51.7 Å². The number of aliphatic hydroxyl groups is 5. The van der Waals surface area contributed by atoms with Gasteiger partial charge in [0.1, 0.15) is 30.0 Å². The van der Waals surface area contributed by atoms with Crippen LogP contribution in [0.3, 0.4) is 0 Å². The summed E-state index contributed by atoms with van der Waals surface area (Å²) in [5.74, 6) is -3.45. The first-order valence-electron chi connectivity index (χ1n) is 22.4. The highest BCUT2D eigenvalue weighted by Crippen LogP contribution is 2.40. The van der Waals surface area contributed by atoms with Crippen LogP contribution in [-0.2, 0) is 48.0 Å². The van der Waals surface area contributed by atoms with Crippen LogP contribution in [0.25, 0.3) is 0 Å². The molecule has 0 spiro atoms. The van der Waals surface area contributed by atoms with E-state index in [4.69, 9.17) is 28.4 Å². The Morgan fingerprint density at radius 2 is 1.58 bits per heavy atom. The van der Waals surface area contributed by atoms with Gasteiger partial charge in [-0.05, 0) is 105 Å². The number of nitrogens with one attached hydrogen (secondary N) is 1. The molecule has 1 aromatic carbocycles. The molecule has 1 aromatic rings. The van der Waals surface area contributed by atoms with Crippen molar-refractivity contribution >= 4 is 27.6 Å². The number of sulfonamides is 1. The summed E-state index contributed by atoms with van der Waals surface area (Å²) in [6.45, 7) is 18.5. The van der Waals surface area contributed by atoms with Gasteiger partial charge in [-0.2, -0.15) is 4.31 Å². The zero-order valence-electron chi connectivity index (χ0n) is 40.1. The Bertz CT molecular complexity index is 1820. The Morgan fingerprint density at radius 3 is 2.14 bits per heavy atom. The van der Waals surface area contributed by atoms with Crippen LogP contribution in [0.5, 0.6) is 0 Å². The number of aliphatic hydroxyl groups excluding tert-OH is 3. The summed E-state index contributed by atoms with van der Waals surface area (Å²) in [6.07, 6.45) is -11.1. The van der Waals surface area contributed by atoms with E-state index in [-0.39, 0.29) is 42.4 Å². The number of rotatable bonds is 10. The molecule has 64 heavy (non-hydrogen) atoms. The third-order valence-electron chi connectivity index (χ3n) is 13.9. The standard InChI is InChI=1S/C45H77N3O15S/c1-15-34-45(11,55)38(51)28(6)47(12)23-24(2)21-43(9,54)40(26(4)37(27(5)41(53)61-34)62-35-22-44(10,58-14)39(52)29(7)60-35)63-42-36(50)33(20-25(3)59-42)48(13)64(56,57)32-18-16-31(17-19-32)46-30(8)49/h16-19,24-29,33-40,42,50-52,54-55H,15,20-23H2,1-14H3,(H,46,49)/t24-,25-,26+,27-,28-,29+,33+,34-,35+,36-,37-,38+,39+,40-,42+,43-,44-,45-/m1/s1. The molecule has 0 saturated carbocycles. The zero-order chi connectivity index (χ0) is 48.4. The number of ether oxygens (including phenoxy) is 6. The number of likely N-dealkylation sites (N-methyl/N-ethyl adjacent to an activating group) is 2. The number of cyclic esters (lactones) is 1. The predicted octanol–water partition coefficient (Wildman–Crippen LogP) is 2.62. The maximum atomic E-state index is 14.4. The lowest BCUT2D eigenvalue weighted by atomic mass is 9.77. The predicted molar refractivity (Wildman–Crippen MR) is 236 cm³/mol. The van der Waals surface area contributed by atoms with Crippen LogP contribution < -0.4 is 5.32 Å². The summed E-state index contributed by atoms with van der Waals surface area (Å²) in [5.41, 5.74) is -4.33. The number of esters is 1. The van der Waals surface area contributed by atoms with E-state index >= 15 is 0 Å². The molecule has 0 unspecified atom stereocenters. The molecule has 3 aliphatic rings. The van der Waals surface area contributed by atoms with Gasteiger partial charge < -0.3 is 64.2 Å². The minimum absolute atomic E-state index is 0.0437. The molecule has 6 N–H and O–H groups in total. The van der Waals surface area contributed by atoms with Crippen LogP contribution in [0.2, 0.25) is 0 Å². The highest BCUT2D eigenvalue weighted by Gasteiger charge is 2.53. The number of methoxy groups -OCH3 is 1. The molecule has 0 radical (unpaired) electrons. The molecule has 4 rings (SSSR count). The third kappa shape index (κ3) is 12.0. The summed E-state index contributed by atoms with van der Waals surface area (Å²) < 4.78 is 66.8. The molecule has 3 fully saturated rings. The molecule has 0 aliphatic carbocycles. The van der Waals surface area contributed by atoms with E-state index in [9.17, 15) is 43.5 Å². The van der Waals surface area contributed by atoms with Crippen LogP contribution in [0.15, 0.2) is 29.2 Å². The monoisotopic (exact) mass is 932 g/mol. The number of carbonyl (C=O) groups excluding carboxylic acids is 2. The molecule has 18 atom stereocenters. The Morgan fingerprint density at radius 1 is 0.969 bits per heavy atom. The normalized spacial score (nSPS) is 42.6. The number of nitrogens with zero attached hydrogens (tertiary/aromatic N) is 2. The first-order valence-corrected chi connectivity index (χ1v) is 23.9. The van der Waals surface area contributed by atoms with Gasteiger partial charge in [0.2, 0.25) is 15.9 Å². The molecule has 19 heteroatoms. The minimum atomic E-state index is -4.22. The van der Waals surface area contributed by atoms with Crippen molar-refractivity contribution in [3.63, 3.8) is 0 Å². The van der Waals surface area contributed by atoms with Crippen molar-refractivity contribution in [3.8, 4) is 0 Å². The summed E-state index contributed by atoms with van der Waals surface area (Å²) in [5, 5.41) is 61.8. The van der Waals surface area contributed by atoms with Gasteiger partial charge in [-0.1, -0.05) is 20.8 Å². The van der Waals surface area contributed by atoms with Crippen LogP contribution in [0.1, 0.15) is 102 Å². The van der Waals surface area contributed by atoms with Gasteiger partial charge in [-0.25, -0.2) is 8.42 Å². The molecular formula is C45H77N3O15S. The van der Waals surface area contributed by atoms with Crippen molar-refractivity contribution in [2.45, 2.75) is 197 Å². The lowest BCUT2D eigenvalue weighted by molar-refractivity contribution is -0.317. The molecule has 368 valence electrons. The molecular weight excluding hydrogens is 855 g/mol. The van der Waals surface area contributed by atoms with E-state index in [0.29, 0.717) is 12.2 Å². The Kier molecular flexibility index (Phi) is 18.0. The Hall–Kier alpha value is -2.37. The highest BCUT2D eigenvalue weighted by molar-refractivity contribution is 7.89. The summed E-state index contributed by atoms with van der Waals surface area (Å²) in [7, 11) is 0.390. The fraction of sp³-hybridized carbons (Fsp3) is 0.822. The quantitative estimate of drug-likeness (QED) is 0.185. The van der Waals surface area contributed by atoms with E-state index in [1.807, 2.05) is 11.8 Å². The Labute approximate surface area is 379 Å². The highest BCUT2D eigenvalue weighted by atomic mass is 32.2. The Balaban J connectivity index is 1.81. The summed E-state index contributed by atoms with van der Waals surface area (Å²) in [4.78, 5) is 27.8. The second-order valence-electron chi connectivity index (χ2n) is 19.4. The van der Waals surface area contributed by atoms with Crippen molar-refractivity contribution in [2.75, 3.05) is 33.1 Å². The summed E-state index contributed by atoms with van der Waals surface area (Å²) >= 11 is 0. The smallest absolute Gasteiger partial charge is 0.311 e. The molecule has 0 aromatic heterocycles. The first-order chi connectivity index (χ1) is 29.5. The average molecular weight is 932 g/mol. The fourth-order valence-electron chi connectivity index (χ4n) is 9.84. The van der Waals surface area contributed by atoms with E-state index in [1.54, 1.807) is 62.4 Å². The maximum absolute atomic E-state index is 14.4. The summed E-state index contributed by atoms with van der Waals surface area (Å²) in [6, 6.07) is 3.97. The molecule has 3 heterocycles. The largest absolute Gasteiger partial charge is 0.459 e. The molecule has 3 saturated heterocycles. The van der Waals surface area contributed by atoms with Crippen molar-refractivity contribution in [1.82, 2.24) is 9.21 Å². The van der Waals surface area contributed by atoms with Crippen LogP contribution in [0.4, 0.5) is 5.69 Å². The third-order valence-corrected chi connectivity index (χ3v) is 15.8. The molecule has 0 bridgehead atoms. The molecule has 1 amide bonds. The van der Waals surface area contributed by atoms with E-state index in [0.717, 1.165) is 4.31 Å². The lowest BCUT2D eigenvalue weighted by Crippen LogP contribution is -2.61. The van der Waals surface area contributed by atoms with Crippen molar-refractivity contribution in [3.05, 3.63) is 24.3 Å². The van der Waals surface area contributed by atoms with Crippen molar-refractivity contribution < 1.29 is 72.0 Å². The van der Waals surface area contributed by atoms with Gasteiger partial charge >= 0.3 is 5.97 Å². The van der Waals surface area contributed by atoms with Crippen LogP contribution >= 0.6 is 0 Å².